The second-order valence-corrected chi connectivity index (χ2v) is 4.32. The summed E-state index contributed by atoms with van der Waals surface area (Å²) < 4.78 is 1.07. The van der Waals surface area contributed by atoms with Crippen LogP contribution in [0.5, 0.6) is 0 Å². The molecule has 0 atom stereocenters. The van der Waals surface area contributed by atoms with E-state index in [0.717, 1.165) is 32.5 Å². The molecule has 0 aliphatic rings. The largest absolute Gasteiger partial charge is 0.356 e. The molecule has 4 heteroatoms. The van der Waals surface area contributed by atoms with Gasteiger partial charge >= 0.3 is 0 Å². The molecule has 0 unspecified atom stereocenters. The lowest BCUT2D eigenvalue weighted by atomic mass is 10.2. The third-order valence-corrected chi connectivity index (χ3v) is 3.41. The van der Waals surface area contributed by atoms with Gasteiger partial charge in [0.1, 0.15) is 0 Å². The highest BCUT2D eigenvalue weighted by molar-refractivity contribution is 9.10. The number of H-pyrrole nitrogens is 1. The molecule has 0 aliphatic heterocycles. The van der Waals surface area contributed by atoms with Crippen LogP contribution >= 0.6 is 27.5 Å². The van der Waals surface area contributed by atoms with Crippen LogP contribution in [0.4, 0.5) is 0 Å². The number of rotatable bonds is 2. The van der Waals surface area contributed by atoms with Crippen LogP contribution in [0.3, 0.4) is 0 Å². The van der Waals surface area contributed by atoms with Gasteiger partial charge < -0.3 is 10.7 Å². The van der Waals surface area contributed by atoms with Crippen molar-refractivity contribution in [2.45, 2.75) is 6.42 Å². The zero-order valence-corrected chi connectivity index (χ0v) is 9.82. The Kier molecular flexibility index (Phi) is 2.81. The van der Waals surface area contributed by atoms with Crippen molar-refractivity contribution in [1.29, 1.82) is 0 Å². The molecule has 3 N–H and O–H groups in total. The lowest BCUT2D eigenvalue weighted by Crippen LogP contribution is -2.03. The maximum absolute atomic E-state index is 6.06. The third kappa shape index (κ3) is 1.56. The number of hydrogen-bond donors (Lipinski definition) is 2. The van der Waals surface area contributed by atoms with Gasteiger partial charge in [0.25, 0.3) is 0 Å². The molecule has 2 aromatic rings. The van der Waals surface area contributed by atoms with Crippen molar-refractivity contribution in [1.82, 2.24) is 4.98 Å². The average molecular weight is 274 g/mol. The fourth-order valence-corrected chi connectivity index (χ4v) is 2.37. The van der Waals surface area contributed by atoms with Crippen molar-refractivity contribution in [2.24, 2.45) is 5.73 Å². The minimum absolute atomic E-state index is 0.628. The van der Waals surface area contributed by atoms with Crippen LogP contribution in [-0.4, -0.2) is 11.5 Å². The number of aromatic amines is 1. The van der Waals surface area contributed by atoms with Crippen LogP contribution in [0.2, 0.25) is 5.02 Å². The van der Waals surface area contributed by atoms with Crippen molar-refractivity contribution in [3.05, 3.63) is 33.4 Å². The van der Waals surface area contributed by atoms with E-state index in [0.29, 0.717) is 6.54 Å². The second kappa shape index (κ2) is 3.93. The third-order valence-electron chi connectivity index (χ3n) is 2.19. The molecule has 1 aromatic heterocycles. The Balaban J connectivity index is 2.67. The molecule has 0 spiro atoms. The predicted molar refractivity (Wildman–Crippen MR) is 63.8 cm³/mol. The molecule has 2 rings (SSSR count). The van der Waals surface area contributed by atoms with Gasteiger partial charge in [-0.1, -0.05) is 23.7 Å². The van der Waals surface area contributed by atoms with Crippen molar-refractivity contribution in [3.63, 3.8) is 0 Å². The first kappa shape index (κ1) is 10.0. The second-order valence-electron chi connectivity index (χ2n) is 3.12. The molecular formula is C10H10BrClN2. The topological polar surface area (TPSA) is 41.8 Å². The van der Waals surface area contributed by atoms with Crippen LogP contribution in [0.25, 0.3) is 10.9 Å². The van der Waals surface area contributed by atoms with E-state index in [1.165, 1.54) is 0 Å². The summed E-state index contributed by atoms with van der Waals surface area (Å²) in [6, 6.07) is 5.84. The van der Waals surface area contributed by atoms with Gasteiger partial charge in [0.05, 0.1) is 10.5 Å². The number of fused-ring (bicyclic) bond motifs is 1. The van der Waals surface area contributed by atoms with Crippen molar-refractivity contribution >= 4 is 38.4 Å². The maximum Gasteiger partial charge on any atom is 0.0657 e. The SMILES string of the molecule is NCCc1[nH]c2c(Cl)cccc2c1Br. The molecule has 0 amide bonds. The fraction of sp³-hybridized carbons (Fsp3) is 0.200. The van der Waals surface area contributed by atoms with Gasteiger partial charge in [-0.2, -0.15) is 0 Å². The number of para-hydroxylation sites is 1. The molecule has 0 fully saturated rings. The Morgan fingerprint density at radius 3 is 2.86 bits per heavy atom. The molecule has 0 aliphatic carbocycles. The van der Waals surface area contributed by atoms with Gasteiger partial charge in [-0.05, 0) is 28.5 Å². The fourth-order valence-electron chi connectivity index (χ4n) is 1.52. The number of aromatic nitrogens is 1. The van der Waals surface area contributed by atoms with Gasteiger partial charge in [-0.25, -0.2) is 0 Å². The summed E-state index contributed by atoms with van der Waals surface area (Å²) in [7, 11) is 0. The number of nitrogens with one attached hydrogen (secondary N) is 1. The maximum atomic E-state index is 6.06. The van der Waals surface area contributed by atoms with Crippen molar-refractivity contribution in [3.8, 4) is 0 Å². The van der Waals surface area contributed by atoms with E-state index >= 15 is 0 Å². The van der Waals surface area contributed by atoms with Gasteiger partial charge in [0.15, 0.2) is 0 Å². The van der Waals surface area contributed by atoms with Gasteiger partial charge in [-0.3, -0.25) is 0 Å². The highest BCUT2D eigenvalue weighted by Gasteiger charge is 2.09. The Morgan fingerprint density at radius 1 is 1.43 bits per heavy atom. The Morgan fingerprint density at radius 2 is 2.21 bits per heavy atom. The normalized spacial score (nSPS) is 11.1. The minimum atomic E-state index is 0.628. The van der Waals surface area contributed by atoms with E-state index in [-0.39, 0.29) is 0 Å². The number of hydrogen-bond acceptors (Lipinski definition) is 1. The average Bonchev–Trinajstić information content (AvgIpc) is 2.48. The van der Waals surface area contributed by atoms with E-state index in [1.807, 2.05) is 18.2 Å². The van der Waals surface area contributed by atoms with Crippen LogP contribution in [0.1, 0.15) is 5.69 Å². The molecule has 14 heavy (non-hydrogen) atoms. The Hall–Kier alpha value is -0.510. The first-order chi connectivity index (χ1) is 6.74. The van der Waals surface area contributed by atoms with Crippen LogP contribution in [-0.2, 0) is 6.42 Å². The predicted octanol–water partition coefficient (Wildman–Crippen LogP) is 3.09. The highest BCUT2D eigenvalue weighted by atomic mass is 79.9. The first-order valence-electron chi connectivity index (χ1n) is 4.38. The van der Waals surface area contributed by atoms with Crippen LogP contribution in [0, 0.1) is 0 Å². The van der Waals surface area contributed by atoms with Gasteiger partial charge in [-0.15, -0.1) is 0 Å². The molecular weight excluding hydrogens is 263 g/mol. The summed E-state index contributed by atoms with van der Waals surface area (Å²) in [4.78, 5) is 3.27. The van der Waals surface area contributed by atoms with E-state index in [2.05, 4.69) is 20.9 Å². The van der Waals surface area contributed by atoms with E-state index < -0.39 is 0 Å². The number of halogens is 2. The van der Waals surface area contributed by atoms with Crippen LogP contribution in [0.15, 0.2) is 22.7 Å². The first-order valence-corrected chi connectivity index (χ1v) is 5.55. The van der Waals surface area contributed by atoms with Crippen molar-refractivity contribution in [2.75, 3.05) is 6.54 Å². The number of benzene rings is 1. The highest BCUT2D eigenvalue weighted by Crippen LogP contribution is 2.31. The standard InChI is InChI=1S/C10H10BrClN2/c11-9-6-2-1-3-7(12)10(6)14-8(9)4-5-13/h1-3,14H,4-5,13H2. The molecule has 2 nitrogen and oxygen atoms in total. The molecule has 0 bridgehead atoms. The smallest absolute Gasteiger partial charge is 0.0657 e. The molecule has 0 radical (unpaired) electrons. The summed E-state index contributed by atoms with van der Waals surface area (Å²) in [5.41, 5.74) is 7.60. The lowest BCUT2D eigenvalue weighted by molar-refractivity contribution is 0.934. The summed E-state index contributed by atoms with van der Waals surface area (Å²) in [5, 5.41) is 1.85. The summed E-state index contributed by atoms with van der Waals surface area (Å²) in [6.45, 7) is 0.628. The molecule has 74 valence electrons. The van der Waals surface area contributed by atoms with E-state index in [4.69, 9.17) is 17.3 Å². The summed E-state index contributed by atoms with van der Waals surface area (Å²) in [5.74, 6) is 0. The van der Waals surface area contributed by atoms with Crippen molar-refractivity contribution < 1.29 is 0 Å². The van der Waals surface area contributed by atoms with Crippen LogP contribution < -0.4 is 5.73 Å². The quantitative estimate of drug-likeness (QED) is 0.867. The molecule has 0 saturated heterocycles. The zero-order chi connectivity index (χ0) is 10.1. The molecule has 0 saturated carbocycles. The summed E-state index contributed by atoms with van der Waals surface area (Å²) in [6.07, 6.45) is 0.825. The molecule has 1 aromatic carbocycles. The molecule has 1 heterocycles. The summed E-state index contributed by atoms with van der Waals surface area (Å²) >= 11 is 9.60. The Bertz CT molecular complexity index is 464. The van der Waals surface area contributed by atoms with Gasteiger partial charge in [0.2, 0.25) is 0 Å². The van der Waals surface area contributed by atoms with Gasteiger partial charge in [0, 0.05) is 22.0 Å². The van der Waals surface area contributed by atoms with E-state index in [9.17, 15) is 0 Å². The number of nitrogens with two attached hydrogens (primary N) is 1. The Labute approximate surface area is 95.6 Å². The lowest BCUT2D eigenvalue weighted by Gasteiger charge is -1.93. The zero-order valence-electron chi connectivity index (χ0n) is 7.48. The monoisotopic (exact) mass is 272 g/mol. The minimum Gasteiger partial charge on any atom is -0.356 e. The van der Waals surface area contributed by atoms with E-state index in [1.54, 1.807) is 0 Å².